The van der Waals surface area contributed by atoms with Crippen LogP contribution < -0.4 is 11.5 Å². The van der Waals surface area contributed by atoms with Crippen molar-refractivity contribution in [3.05, 3.63) is 46.6 Å². The quantitative estimate of drug-likeness (QED) is 0.439. The summed E-state index contributed by atoms with van der Waals surface area (Å²) < 4.78 is 0. The highest BCUT2D eigenvalue weighted by Gasteiger charge is 2.23. The summed E-state index contributed by atoms with van der Waals surface area (Å²) in [7, 11) is 0. The lowest BCUT2D eigenvalue weighted by Crippen LogP contribution is -2.09. The number of carboxylic acids is 1. The monoisotopic (exact) mass is 411 g/mol. The van der Waals surface area contributed by atoms with Gasteiger partial charge < -0.3 is 16.6 Å². The number of hydrogen-bond acceptors (Lipinski definition) is 5. The highest BCUT2D eigenvalue weighted by atomic mass is 32.1. The number of carboxylic acid groups (broad SMARTS) is 1. The molecule has 0 saturated carbocycles. The van der Waals surface area contributed by atoms with Crippen LogP contribution in [0.15, 0.2) is 24.3 Å². The van der Waals surface area contributed by atoms with Crippen LogP contribution in [0.2, 0.25) is 0 Å². The smallest absolute Gasteiger partial charge is 0.303 e. The van der Waals surface area contributed by atoms with E-state index in [1.54, 1.807) is 11.3 Å². The van der Waals surface area contributed by atoms with Crippen LogP contribution in [-0.4, -0.2) is 22.6 Å². The van der Waals surface area contributed by atoms with Crippen molar-refractivity contribution >= 4 is 32.5 Å². The first-order valence-corrected chi connectivity index (χ1v) is 10.8. The molecule has 0 atom stereocenters. The summed E-state index contributed by atoms with van der Waals surface area (Å²) in [6, 6.07) is 8.76. The zero-order valence-corrected chi connectivity index (χ0v) is 18.0. The SMILES string of the molecule is Cc1ccc(-c2c(CCCCC(=O)O)c(C)nc3sc4c(c23)CCCN4)cc1.N. The van der Waals surface area contributed by atoms with Gasteiger partial charge in [0.1, 0.15) is 4.83 Å². The third-order valence-electron chi connectivity index (χ3n) is 5.54. The number of anilines is 1. The average molecular weight is 412 g/mol. The molecule has 4 rings (SSSR count). The molecule has 0 spiro atoms. The number of carbonyl (C=O) groups is 1. The fourth-order valence-electron chi connectivity index (χ4n) is 4.11. The summed E-state index contributed by atoms with van der Waals surface area (Å²) in [5.41, 5.74) is 7.54. The van der Waals surface area contributed by atoms with Gasteiger partial charge in [-0.15, -0.1) is 0 Å². The summed E-state index contributed by atoms with van der Waals surface area (Å²) in [5, 5.41) is 15.1. The maximum atomic E-state index is 10.9. The Balaban J connectivity index is 0.00000240. The van der Waals surface area contributed by atoms with E-state index in [0.717, 1.165) is 42.8 Å². The molecule has 0 amide bonds. The summed E-state index contributed by atoms with van der Waals surface area (Å²) in [4.78, 5) is 17.0. The number of nitrogens with zero attached hydrogens (tertiary/aromatic N) is 1. The number of nitrogens with one attached hydrogen (secondary N) is 1. The molecular formula is C23H29N3O2S. The van der Waals surface area contributed by atoms with E-state index in [2.05, 4.69) is 43.4 Å². The van der Waals surface area contributed by atoms with Gasteiger partial charge in [0.2, 0.25) is 0 Å². The molecule has 0 fully saturated rings. The zero-order chi connectivity index (χ0) is 19.7. The Morgan fingerprint density at radius 1 is 1.21 bits per heavy atom. The lowest BCUT2D eigenvalue weighted by Gasteiger charge is -2.18. The molecule has 5 nitrogen and oxygen atoms in total. The van der Waals surface area contributed by atoms with Gasteiger partial charge in [0, 0.05) is 24.0 Å². The second kappa shape index (κ2) is 8.93. The predicted octanol–water partition coefficient (Wildman–Crippen LogP) is 5.90. The fraction of sp³-hybridized carbons (Fsp3) is 0.391. The summed E-state index contributed by atoms with van der Waals surface area (Å²) in [5.74, 6) is -0.720. The number of aliphatic carboxylic acids is 1. The first kappa shape index (κ1) is 21.3. The second-order valence-corrected chi connectivity index (χ2v) is 8.64. The van der Waals surface area contributed by atoms with Gasteiger partial charge in [-0.05, 0) is 68.2 Å². The highest BCUT2D eigenvalue weighted by Crippen LogP contribution is 2.44. The van der Waals surface area contributed by atoms with Crippen molar-refractivity contribution < 1.29 is 9.90 Å². The van der Waals surface area contributed by atoms with Crippen molar-refractivity contribution in [1.29, 1.82) is 0 Å². The summed E-state index contributed by atoms with van der Waals surface area (Å²) in [6.07, 6.45) is 4.89. The van der Waals surface area contributed by atoms with Crippen molar-refractivity contribution in [3.8, 4) is 11.1 Å². The zero-order valence-electron chi connectivity index (χ0n) is 17.2. The van der Waals surface area contributed by atoms with Crippen LogP contribution in [0.3, 0.4) is 0 Å². The Morgan fingerprint density at radius 3 is 2.69 bits per heavy atom. The van der Waals surface area contributed by atoms with Crippen LogP contribution in [0.5, 0.6) is 0 Å². The molecule has 5 N–H and O–H groups in total. The summed E-state index contributed by atoms with van der Waals surface area (Å²) >= 11 is 1.77. The number of rotatable bonds is 6. The van der Waals surface area contributed by atoms with E-state index >= 15 is 0 Å². The van der Waals surface area contributed by atoms with E-state index in [-0.39, 0.29) is 12.6 Å². The maximum Gasteiger partial charge on any atom is 0.303 e. The van der Waals surface area contributed by atoms with Gasteiger partial charge in [0.25, 0.3) is 0 Å². The van der Waals surface area contributed by atoms with Crippen molar-refractivity contribution in [2.24, 2.45) is 0 Å². The molecule has 0 aliphatic carbocycles. The molecule has 154 valence electrons. The maximum absolute atomic E-state index is 10.9. The minimum absolute atomic E-state index is 0. The molecule has 0 radical (unpaired) electrons. The van der Waals surface area contributed by atoms with Crippen LogP contribution >= 0.6 is 11.3 Å². The standard InChI is InChI=1S/C23H26N2O2S.H3N/c1-14-9-11-16(12-10-14)20-17(6-3-4-8-19(26)27)15(2)25-23-21(20)18-7-5-13-24-22(18)28-23;/h9-12,24H,3-8,13H2,1-2H3,(H,26,27);1H3. The van der Waals surface area contributed by atoms with E-state index in [9.17, 15) is 4.79 Å². The number of thiophene rings is 1. The van der Waals surface area contributed by atoms with Crippen LogP contribution in [0.4, 0.5) is 5.00 Å². The van der Waals surface area contributed by atoms with E-state index in [0.29, 0.717) is 6.42 Å². The van der Waals surface area contributed by atoms with Crippen LogP contribution in [-0.2, 0) is 17.6 Å². The Bertz CT molecular complexity index is 1030. The fourth-order valence-corrected chi connectivity index (χ4v) is 5.32. The largest absolute Gasteiger partial charge is 0.481 e. The van der Waals surface area contributed by atoms with Gasteiger partial charge >= 0.3 is 5.97 Å². The normalized spacial score (nSPS) is 12.9. The molecule has 6 heteroatoms. The number of pyridine rings is 1. The molecule has 0 bridgehead atoms. The number of benzene rings is 1. The lowest BCUT2D eigenvalue weighted by molar-refractivity contribution is -0.137. The van der Waals surface area contributed by atoms with E-state index in [4.69, 9.17) is 10.1 Å². The lowest BCUT2D eigenvalue weighted by atomic mass is 9.90. The van der Waals surface area contributed by atoms with Crippen LogP contribution in [0.25, 0.3) is 21.3 Å². The van der Waals surface area contributed by atoms with E-state index < -0.39 is 5.97 Å². The van der Waals surface area contributed by atoms with Crippen molar-refractivity contribution in [2.75, 3.05) is 11.9 Å². The van der Waals surface area contributed by atoms with Crippen molar-refractivity contribution in [1.82, 2.24) is 11.1 Å². The van der Waals surface area contributed by atoms with Gasteiger partial charge in [-0.25, -0.2) is 4.98 Å². The molecule has 3 aromatic rings. The molecule has 29 heavy (non-hydrogen) atoms. The number of unbranched alkanes of at least 4 members (excludes halogenated alkanes) is 1. The van der Waals surface area contributed by atoms with Crippen molar-refractivity contribution in [3.63, 3.8) is 0 Å². The Morgan fingerprint density at radius 2 is 1.97 bits per heavy atom. The third kappa shape index (κ3) is 4.28. The molecule has 1 aliphatic heterocycles. The summed E-state index contributed by atoms with van der Waals surface area (Å²) in [6.45, 7) is 5.23. The average Bonchev–Trinajstić information content (AvgIpc) is 3.03. The number of hydrogen-bond donors (Lipinski definition) is 3. The topological polar surface area (TPSA) is 97.2 Å². The predicted molar refractivity (Wildman–Crippen MR) is 122 cm³/mol. The highest BCUT2D eigenvalue weighted by molar-refractivity contribution is 7.22. The van der Waals surface area contributed by atoms with Crippen LogP contribution in [0, 0.1) is 13.8 Å². The van der Waals surface area contributed by atoms with E-state index in [1.807, 2.05) is 0 Å². The third-order valence-corrected chi connectivity index (χ3v) is 6.63. The molecule has 0 unspecified atom stereocenters. The number of fused-ring (bicyclic) bond motifs is 3. The molecule has 1 aliphatic rings. The number of aromatic nitrogens is 1. The van der Waals surface area contributed by atoms with Crippen LogP contribution in [0.1, 0.15) is 48.1 Å². The molecule has 1 aromatic carbocycles. The minimum atomic E-state index is -0.720. The van der Waals surface area contributed by atoms with Gasteiger partial charge in [0.15, 0.2) is 0 Å². The van der Waals surface area contributed by atoms with Gasteiger partial charge in [-0.1, -0.05) is 41.2 Å². The Hall–Kier alpha value is -2.44. The Labute approximate surface area is 175 Å². The Kier molecular flexibility index (Phi) is 6.55. The molecule has 2 aromatic heterocycles. The minimum Gasteiger partial charge on any atom is -0.481 e. The van der Waals surface area contributed by atoms with Gasteiger partial charge in [0.05, 0.1) is 5.00 Å². The van der Waals surface area contributed by atoms with Crippen molar-refractivity contribution in [2.45, 2.75) is 52.4 Å². The second-order valence-electron chi connectivity index (χ2n) is 7.64. The van der Waals surface area contributed by atoms with Gasteiger partial charge in [-0.3, -0.25) is 4.79 Å². The van der Waals surface area contributed by atoms with Gasteiger partial charge in [-0.2, -0.15) is 0 Å². The molecule has 0 saturated heterocycles. The van der Waals surface area contributed by atoms with E-state index in [1.165, 1.54) is 38.2 Å². The first-order chi connectivity index (χ1) is 13.5. The molecule has 3 heterocycles. The number of aryl methyl sites for hydroxylation is 3. The molecular weight excluding hydrogens is 382 g/mol. The first-order valence-electron chi connectivity index (χ1n) is 10.0.